The van der Waals surface area contributed by atoms with Crippen LogP contribution in [0, 0.1) is 0 Å². The summed E-state index contributed by atoms with van der Waals surface area (Å²) in [6.07, 6.45) is 13.1. The summed E-state index contributed by atoms with van der Waals surface area (Å²) in [5.41, 5.74) is 5.60. The van der Waals surface area contributed by atoms with E-state index in [4.69, 9.17) is 4.74 Å². The molecule has 0 spiro atoms. The van der Waals surface area contributed by atoms with Crippen LogP contribution in [0.2, 0.25) is 0 Å². The Morgan fingerprint density at radius 1 is 1.12 bits per heavy atom. The number of nitrogens with one attached hydrogen (secondary N) is 3. The van der Waals surface area contributed by atoms with Gasteiger partial charge in [0.05, 0.1) is 18.8 Å². The van der Waals surface area contributed by atoms with E-state index in [0.717, 1.165) is 55.4 Å². The minimum atomic E-state index is -0.0867. The maximum Gasteiger partial charge on any atom is 0.257 e. The first kappa shape index (κ1) is 24.1. The highest BCUT2D eigenvalue weighted by Crippen LogP contribution is 2.25. The largest absolute Gasteiger partial charge is 0.386 e. The van der Waals surface area contributed by atoms with Crippen LogP contribution in [-0.4, -0.2) is 37.3 Å². The van der Waals surface area contributed by atoms with Crippen molar-refractivity contribution < 1.29 is 4.74 Å². The molecule has 0 bridgehead atoms. The molecule has 1 saturated heterocycles. The van der Waals surface area contributed by atoms with Gasteiger partial charge in [-0.25, -0.2) is 0 Å². The normalized spacial score (nSPS) is 18.1. The molecular weight excluding hydrogens is 424 g/mol. The molecule has 3 N–H and O–H groups in total. The van der Waals surface area contributed by atoms with Gasteiger partial charge in [-0.15, -0.1) is 0 Å². The maximum absolute atomic E-state index is 13.0. The predicted molar refractivity (Wildman–Crippen MR) is 142 cm³/mol. The Labute approximate surface area is 203 Å². The lowest BCUT2D eigenvalue weighted by molar-refractivity contribution is 0.122. The highest BCUT2D eigenvalue weighted by atomic mass is 16.5. The Balaban J connectivity index is 1.55. The van der Waals surface area contributed by atoms with Gasteiger partial charge < -0.3 is 25.3 Å². The zero-order valence-electron chi connectivity index (χ0n) is 20.5. The third-order valence-corrected chi connectivity index (χ3v) is 6.60. The van der Waals surface area contributed by atoms with Crippen LogP contribution in [0.3, 0.4) is 0 Å². The number of nitrogens with zero attached hydrogens (tertiary/aromatic N) is 1. The first-order valence-electron chi connectivity index (χ1n) is 12.7. The van der Waals surface area contributed by atoms with Gasteiger partial charge in [0.15, 0.2) is 0 Å². The van der Waals surface area contributed by atoms with Gasteiger partial charge >= 0.3 is 0 Å². The molecular formula is C28H38N4O2. The van der Waals surface area contributed by atoms with Gasteiger partial charge in [0.1, 0.15) is 0 Å². The smallest absolute Gasteiger partial charge is 0.257 e. The summed E-state index contributed by atoms with van der Waals surface area (Å²) in [7, 11) is 0. The molecule has 1 saturated carbocycles. The van der Waals surface area contributed by atoms with E-state index in [2.05, 4.69) is 70.8 Å². The van der Waals surface area contributed by atoms with Crippen LogP contribution in [0.15, 0.2) is 53.1 Å². The molecule has 2 aliphatic rings. The standard InChI is InChI=1S/C28H38N4O2/c1-3-7-26(31-24-10-12-25(13-11-24)32-16-18-34-19-17-32)27-22(14-15-29-28(27)33)20-21(2)30-23-8-5-4-6-9-23/h7,10-15,20,23,30-31H,3-6,8-9,16-19H2,1-2H3,(H,29,33)/b21-20+,26-7-. The van der Waals surface area contributed by atoms with Crippen molar-refractivity contribution >= 4 is 23.1 Å². The Morgan fingerprint density at radius 3 is 2.56 bits per heavy atom. The SMILES string of the molecule is CC/C=C(\Nc1ccc(N2CCOCC2)cc1)c1c(/C=C(\C)NC2CCCCC2)cc[nH]c1=O. The van der Waals surface area contributed by atoms with Gasteiger partial charge in [0.2, 0.25) is 0 Å². The van der Waals surface area contributed by atoms with E-state index in [-0.39, 0.29) is 5.56 Å². The number of hydrogen-bond acceptors (Lipinski definition) is 5. The Kier molecular flexibility index (Phi) is 8.47. The number of morpholine rings is 1. The molecule has 2 fully saturated rings. The van der Waals surface area contributed by atoms with Crippen LogP contribution in [0.4, 0.5) is 11.4 Å². The molecule has 1 aliphatic heterocycles. The lowest BCUT2D eigenvalue weighted by Crippen LogP contribution is -2.36. The molecule has 1 aromatic carbocycles. The fourth-order valence-corrected chi connectivity index (χ4v) is 4.89. The van der Waals surface area contributed by atoms with E-state index >= 15 is 0 Å². The van der Waals surface area contributed by atoms with E-state index in [1.54, 1.807) is 6.20 Å². The second-order valence-corrected chi connectivity index (χ2v) is 9.24. The number of rotatable bonds is 8. The second-order valence-electron chi connectivity index (χ2n) is 9.24. The monoisotopic (exact) mass is 462 g/mol. The summed E-state index contributed by atoms with van der Waals surface area (Å²) in [6, 6.07) is 10.9. The number of aromatic nitrogens is 1. The van der Waals surface area contributed by atoms with Crippen LogP contribution in [0.5, 0.6) is 0 Å². The van der Waals surface area contributed by atoms with Crippen molar-refractivity contribution in [3.05, 3.63) is 69.8 Å². The minimum Gasteiger partial charge on any atom is -0.386 e. The van der Waals surface area contributed by atoms with Crippen LogP contribution in [-0.2, 0) is 4.74 Å². The predicted octanol–water partition coefficient (Wildman–Crippen LogP) is 5.36. The van der Waals surface area contributed by atoms with Crippen molar-refractivity contribution in [2.45, 2.75) is 58.4 Å². The van der Waals surface area contributed by atoms with Crippen molar-refractivity contribution in [2.75, 3.05) is 36.5 Å². The highest BCUT2D eigenvalue weighted by Gasteiger charge is 2.15. The number of pyridine rings is 1. The minimum absolute atomic E-state index is 0.0867. The summed E-state index contributed by atoms with van der Waals surface area (Å²) < 4.78 is 5.46. The third-order valence-electron chi connectivity index (χ3n) is 6.60. The molecule has 0 amide bonds. The number of H-pyrrole nitrogens is 1. The summed E-state index contributed by atoms with van der Waals surface area (Å²) >= 11 is 0. The van der Waals surface area contributed by atoms with E-state index in [1.165, 1.54) is 37.8 Å². The topological polar surface area (TPSA) is 69.4 Å². The molecule has 1 aromatic heterocycles. The average Bonchev–Trinajstić information content (AvgIpc) is 2.86. The molecule has 2 aromatic rings. The van der Waals surface area contributed by atoms with Crippen molar-refractivity contribution in [3.63, 3.8) is 0 Å². The molecule has 4 rings (SSSR count). The van der Waals surface area contributed by atoms with Gasteiger partial charge in [-0.05, 0) is 68.2 Å². The van der Waals surface area contributed by atoms with Gasteiger partial charge in [-0.1, -0.05) is 32.3 Å². The number of aromatic amines is 1. The molecule has 1 aliphatic carbocycles. The van der Waals surface area contributed by atoms with Gasteiger partial charge in [-0.2, -0.15) is 0 Å². The quantitative estimate of drug-likeness (QED) is 0.493. The summed E-state index contributed by atoms with van der Waals surface area (Å²) in [4.78, 5) is 18.2. The lowest BCUT2D eigenvalue weighted by atomic mass is 9.95. The molecule has 6 nitrogen and oxygen atoms in total. The van der Waals surface area contributed by atoms with Crippen LogP contribution in [0.25, 0.3) is 11.8 Å². The van der Waals surface area contributed by atoms with Crippen LogP contribution in [0.1, 0.15) is 63.5 Å². The van der Waals surface area contributed by atoms with Crippen molar-refractivity contribution in [2.24, 2.45) is 0 Å². The van der Waals surface area contributed by atoms with E-state index in [9.17, 15) is 4.79 Å². The lowest BCUT2D eigenvalue weighted by Gasteiger charge is -2.29. The molecule has 182 valence electrons. The third kappa shape index (κ3) is 6.32. The number of hydrogen-bond donors (Lipinski definition) is 3. The van der Waals surface area contributed by atoms with Crippen molar-refractivity contribution in [1.82, 2.24) is 10.3 Å². The second kappa shape index (κ2) is 11.9. The maximum atomic E-state index is 13.0. The fourth-order valence-electron chi connectivity index (χ4n) is 4.89. The highest BCUT2D eigenvalue weighted by molar-refractivity contribution is 5.81. The first-order valence-corrected chi connectivity index (χ1v) is 12.7. The number of anilines is 2. The molecule has 0 radical (unpaired) electrons. The van der Waals surface area contributed by atoms with Crippen molar-refractivity contribution in [3.8, 4) is 0 Å². The Hall–Kier alpha value is -2.99. The first-order chi connectivity index (χ1) is 16.6. The van der Waals surface area contributed by atoms with E-state index < -0.39 is 0 Å². The van der Waals surface area contributed by atoms with E-state index in [0.29, 0.717) is 11.6 Å². The Bertz CT molecular complexity index is 1040. The van der Waals surface area contributed by atoms with Gasteiger partial charge in [0.25, 0.3) is 5.56 Å². The number of ether oxygens (including phenoxy) is 1. The molecule has 6 heteroatoms. The number of allylic oxidation sites excluding steroid dienone is 2. The average molecular weight is 463 g/mol. The van der Waals surface area contributed by atoms with E-state index in [1.807, 2.05) is 6.07 Å². The van der Waals surface area contributed by atoms with Crippen LogP contribution < -0.4 is 21.1 Å². The number of benzene rings is 1. The summed E-state index contributed by atoms with van der Waals surface area (Å²) in [6.45, 7) is 7.55. The Morgan fingerprint density at radius 2 is 1.85 bits per heavy atom. The van der Waals surface area contributed by atoms with Crippen molar-refractivity contribution in [1.29, 1.82) is 0 Å². The summed E-state index contributed by atoms with van der Waals surface area (Å²) in [5.74, 6) is 0. The molecule has 34 heavy (non-hydrogen) atoms. The van der Waals surface area contributed by atoms with Gasteiger partial charge in [0, 0.05) is 48.1 Å². The zero-order valence-corrected chi connectivity index (χ0v) is 20.5. The van der Waals surface area contributed by atoms with Gasteiger partial charge in [-0.3, -0.25) is 4.79 Å². The summed E-state index contributed by atoms with van der Waals surface area (Å²) in [5, 5.41) is 7.18. The molecule has 2 heterocycles. The fraction of sp³-hybridized carbons (Fsp3) is 0.464. The molecule has 0 atom stereocenters. The zero-order chi connectivity index (χ0) is 23.8. The van der Waals surface area contributed by atoms with Crippen LogP contribution >= 0.6 is 0 Å². The molecule has 0 unspecified atom stereocenters.